The topological polar surface area (TPSA) is 88.7 Å². The first-order valence-corrected chi connectivity index (χ1v) is 11.8. The lowest BCUT2D eigenvalue weighted by atomic mass is 9.90. The third-order valence-corrected chi connectivity index (χ3v) is 6.96. The van der Waals surface area contributed by atoms with Crippen LogP contribution in [0.5, 0.6) is 11.5 Å². The lowest BCUT2D eigenvalue weighted by molar-refractivity contribution is 0.170. The average molecular weight is 419 g/mol. The maximum atomic E-state index is 12.3. The van der Waals surface area contributed by atoms with Gasteiger partial charge in [0, 0.05) is 24.6 Å². The summed E-state index contributed by atoms with van der Waals surface area (Å²) >= 11 is 0. The van der Waals surface area contributed by atoms with Gasteiger partial charge in [0.25, 0.3) is 5.56 Å². The van der Waals surface area contributed by atoms with Gasteiger partial charge in [-0.15, -0.1) is 0 Å². The van der Waals surface area contributed by atoms with Crippen molar-refractivity contribution < 1.29 is 17.9 Å². The number of H-pyrrole nitrogens is 1. The van der Waals surface area contributed by atoms with Gasteiger partial charge in [-0.25, -0.2) is 8.42 Å². The lowest BCUT2D eigenvalue weighted by Crippen LogP contribution is -2.35. The summed E-state index contributed by atoms with van der Waals surface area (Å²) in [6.45, 7) is 2.62. The van der Waals surface area contributed by atoms with Gasteiger partial charge < -0.3 is 14.5 Å². The van der Waals surface area contributed by atoms with Gasteiger partial charge in [0.1, 0.15) is 4.90 Å². The van der Waals surface area contributed by atoms with Crippen LogP contribution in [0.3, 0.4) is 0 Å². The average Bonchev–Trinajstić information content (AvgIpc) is 3.16. The summed E-state index contributed by atoms with van der Waals surface area (Å²) in [7, 11) is -3.40. The highest BCUT2D eigenvalue weighted by Gasteiger charge is 2.28. The number of nitrogens with zero attached hydrogens (tertiary/aromatic N) is 1. The van der Waals surface area contributed by atoms with Crippen molar-refractivity contribution in [1.29, 1.82) is 0 Å². The van der Waals surface area contributed by atoms with E-state index in [-0.39, 0.29) is 17.2 Å². The molecule has 156 valence electrons. The Labute approximate surface area is 170 Å². The molecule has 1 aromatic heterocycles. The number of aromatic nitrogens is 1. The third kappa shape index (κ3) is 4.48. The standard InChI is InChI=1S/C21H26N2O5S/c1-29(25,26)20-16(6-7-18-19(20)28-14-27-18)5-4-15-8-11-23(12-9-15)13-17-3-2-10-22-21(17)24/h2-3,6-7,10,15H,4-5,8-9,11-14H2,1H3,(H,22,24). The molecule has 0 radical (unpaired) electrons. The minimum atomic E-state index is -3.40. The Balaban J connectivity index is 1.37. The molecule has 2 aliphatic heterocycles. The molecule has 1 aromatic carbocycles. The van der Waals surface area contributed by atoms with Crippen molar-refractivity contribution in [3.63, 3.8) is 0 Å². The van der Waals surface area contributed by atoms with E-state index >= 15 is 0 Å². The van der Waals surface area contributed by atoms with Gasteiger partial charge in [-0.2, -0.15) is 0 Å². The van der Waals surface area contributed by atoms with Gasteiger partial charge in [0.2, 0.25) is 6.79 Å². The highest BCUT2D eigenvalue weighted by Crippen LogP contribution is 2.41. The monoisotopic (exact) mass is 418 g/mol. The number of nitrogens with one attached hydrogen (secondary N) is 1. The van der Waals surface area contributed by atoms with E-state index in [1.165, 1.54) is 6.26 Å². The molecular formula is C21H26N2O5S. The number of sulfone groups is 1. The fourth-order valence-corrected chi connectivity index (χ4v) is 5.35. The van der Waals surface area contributed by atoms with E-state index in [1.807, 2.05) is 18.2 Å². The van der Waals surface area contributed by atoms with Crippen LogP contribution in [0.25, 0.3) is 0 Å². The van der Waals surface area contributed by atoms with E-state index in [2.05, 4.69) is 9.88 Å². The quantitative estimate of drug-likeness (QED) is 0.775. The van der Waals surface area contributed by atoms with Gasteiger partial charge in [-0.3, -0.25) is 9.69 Å². The Morgan fingerprint density at radius 1 is 1.14 bits per heavy atom. The predicted octanol–water partition coefficient (Wildman–Crippen LogP) is 2.35. The van der Waals surface area contributed by atoms with Crippen LogP contribution in [0, 0.1) is 5.92 Å². The molecule has 3 heterocycles. The lowest BCUT2D eigenvalue weighted by Gasteiger charge is -2.32. The van der Waals surface area contributed by atoms with Crippen molar-refractivity contribution in [3.05, 3.63) is 51.9 Å². The molecular weight excluding hydrogens is 392 g/mol. The number of aromatic amines is 1. The Morgan fingerprint density at radius 3 is 2.66 bits per heavy atom. The summed E-state index contributed by atoms with van der Waals surface area (Å²) in [5.41, 5.74) is 1.57. The minimum Gasteiger partial charge on any atom is -0.454 e. The SMILES string of the molecule is CS(=O)(=O)c1c(CCC2CCN(Cc3ccc[nH]c3=O)CC2)ccc2c1OCO2. The van der Waals surface area contributed by atoms with E-state index in [9.17, 15) is 13.2 Å². The van der Waals surface area contributed by atoms with E-state index < -0.39 is 9.84 Å². The molecule has 29 heavy (non-hydrogen) atoms. The number of aryl methyl sites for hydroxylation is 1. The number of pyridine rings is 1. The molecule has 2 aromatic rings. The molecule has 8 heteroatoms. The maximum Gasteiger partial charge on any atom is 0.252 e. The summed E-state index contributed by atoms with van der Waals surface area (Å²) in [5.74, 6) is 1.39. The van der Waals surface area contributed by atoms with E-state index in [0.29, 0.717) is 30.4 Å². The van der Waals surface area contributed by atoms with Gasteiger partial charge in [0.15, 0.2) is 21.3 Å². The van der Waals surface area contributed by atoms with Crippen molar-refractivity contribution >= 4 is 9.84 Å². The van der Waals surface area contributed by atoms with Crippen LogP contribution in [0.1, 0.15) is 30.4 Å². The number of likely N-dealkylation sites (tertiary alicyclic amines) is 1. The van der Waals surface area contributed by atoms with Gasteiger partial charge in [-0.1, -0.05) is 12.1 Å². The van der Waals surface area contributed by atoms with E-state index in [4.69, 9.17) is 9.47 Å². The van der Waals surface area contributed by atoms with E-state index in [0.717, 1.165) is 43.5 Å². The molecule has 4 rings (SSSR count). The summed E-state index contributed by atoms with van der Waals surface area (Å²) in [4.78, 5) is 17.2. The van der Waals surface area contributed by atoms with Crippen LogP contribution in [0.2, 0.25) is 0 Å². The fraction of sp³-hybridized carbons (Fsp3) is 0.476. The molecule has 0 saturated carbocycles. The summed E-state index contributed by atoms with van der Waals surface area (Å²) in [5, 5.41) is 0. The number of benzene rings is 1. The number of ether oxygens (including phenoxy) is 2. The zero-order chi connectivity index (χ0) is 20.4. The van der Waals surface area contributed by atoms with Crippen LogP contribution in [0.15, 0.2) is 40.2 Å². The molecule has 0 spiro atoms. The van der Waals surface area contributed by atoms with Crippen molar-refractivity contribution in [2.75, 3.05) is 26.1 Å². The van der Waals surface area contributed by atoms with Crippen molar-refractivity contribution in [3.8, 4) is 11.5 Å². The Kier molecular flexibility index (Phi) is 5.65. The maximum absolute atomic E-state index is 12.3. The van der Waals surface area contributed by atoms with Gasteiger partial charge in [-0.05, 0) is 62.4 Å². The normalized spacial score (nSPS) is 17.6. The summed E-state index contributed by atoms with van der Waals surface area (Å²) < 4.78 is 35.4. The highest BCUT2D eigenvalue weighted by molar-refractivity contribution is 7.90. The molecule has 1 N–H and O–H groups in total. The molecule has 0 unspecified atom stereocenters. The summed E-state index contributed by atoms with van der Waals surface area (Å²) in [6.07, 6.45) is 6.59. The van der Waals surface area contributed by atoms with E-state index in [1.54, 1.807) is 12.3 Å². The number of piperidine rings is 1. The third-order valence-electron chi connectivity index (χ3n) is 5.77. The van der Waals surface area contributed by atoms with Crippen molar-refractivity contribution in [2.24, 2.45) is 5.92 Å². The van der Waals surface area contributed by atoms with Gasteiger partial charge in [0.05, 0.1) is 0 Å². The number of fused-ring (bicyclic) bond motifs is 1. The molecule has 2 aliphatic rings. The van der Waals surface area contributed by atoms with Crippen molar-refractivity contribution in [2.45, 2.75) is 37.1 Å². The Hall–Kier alpha value is -2.32. The van der Waals surface area contributed by atoms with Crippen LogP contribution in [-0.2, 0) is 22.8 Å². The predicted molar refractivity (Wildman–Crippen MR) is 109 cm³/mol. The van der Waals surface area contributed by atoms with Crippen LogP contribution >= 0.6 is 0 Å². The minimum absolute atomic E-state index is 0.0225. The molecule has 0 atom stereocenters. The van der Waals surface area contributed by atoms with Gasteiger partial charge >= 0.3 is 0 Å². The second-order valence-electron chi connectivity index (χ2n) is 7.84. The smallest absolute Gasteiger partial charge is 0.252 e. The second-order valence-corrected chi connectivity index (χ2v) is 9.80. The Morgan fingerprint density at radius 2 is 1.93 bits per heavy atom. The largest absolute Gasteiger partial charge is 0.454 e. The zero-order valence-electron chi connectivity index (χ0n) is 16.5. The fourth-order valence-electron chi connectivity index (χ4n) is 4.21. The second kappa shape index (κ2) is 8.20. The van der Waals surface area contributed by atoms with Crippen LogP contribution < -0.4 is 15.0 Å². The number of hydrogen-bond donors (Lipinski definition) is 1. The first-order valence-electron chi connectivity index (χ1n) is 9.92. The van der Waals surface area contributed by atoms with Crippen LogP contribution in [-0.4, -0.2) is 44.4 Å². The molecule has 1 saturated heterocycles. The Bertz CT molecular complexity index is 1040. The first kappa shape index (κ1) is 20.0. The molecule has 0 bridgehead atoms. The zero-order valence-corrected chi connectivity index (χ0v) is 17.3. The molecule has 0 amide bonds. The molecule has 7 nitrogen and oxygen atoms in total. The molecule has 1 fully saturated rings. The van der Waals surface area contributed by atoms with Crippen LogP contribution in [0.4, 0.5) is 0 Å². The molecule has 0 aliphatic carbocycles. The number of rotatable bonds is 6. The van der Waals surface area contributed by atoms with Crippen molar-refractivity contribution in [1.82, 2.24) is 9.88 Å². The first-order chi connectivity index (χ1) is 13.9. The highest BCUT2D eigenvalue weighted by atomic mass is 32.2. The number of hydrogen-bond acceptors (Lipinski definition) is 6. The summed E-state index contributed by atoms with van der Waals surface area (Å²) in [6, 6.07) is 7.37.